The number of aromatic hydroxyl groups is 1. The fourth-order valence-electron chi connectivity index (χ4n) is 7.81. The predicted molar refractivity (Wildman–Crippen MR) is 236 cm³/mol. The second kappa shape index (κ2) is 18.1. The number of rotatable bonds is 5. The van der Waals surface area contributed by atoms with E-state index in [4.69, 9.17) is 5.41 Å². The minimum Gasteiger partial charge on any atom is -0.508 e. The summed E-state index contributed by atoms with van der Waals surface area (Å²) in [6, 6.07) is 61.1. The average molecular weight is 719 g/mol. The maximum atomic E-state index is 11.4. The van der Waals surface area contributed by atoms with Crippen molar-refractivity contribution in [1.82, 2.24) is 0 Å². The van der Waals surface area contributed by atoms with Crippen molar-refractivity contribution in [2.75, 3.05) is 5.32 Å². The monoisotopic (exact) mass is 718 g/mol. The normalized spacial score (nSPS) is 15.0. The molecule has 0 saturated carbocycles. The molecule has 2 aliphatic rings. The predicted octanol–water partition coefficient (Wildman–Crippen LogP) is 13.9. The van der Waals surface area contributed by atoms with Gasteiger partial charge in [0.25, 0.3) is 0 Å². The first-order chi connectivity index (χ1) is 27.0. The summed E-state index contributed by atoms with van der Waals surface area (Å²) in [7, 11) is 0. The van der Waals surface area contributed by atoms with E-state index in [0.29, 0.717) is 5.75 Å². The molecule has 3 N–H and O–H groups in total. The zero-order valence-corrected chi connectivity index (χ0v) is 32.3. The molecule has 0 fully saturated rings. The Bertz CT molecular complexity index is 2370. The van der Waals surface area contributed by atoms with Crippen LogP contribution in [0.4, 0.5) is 11.4 Å². The van der Waals surface area contributed by atoms with E-state index < -0.39 is 5.41 Å². The van der Waals surface area contributed by atoms with E-state index in [1.807, 2.05) is 92.7 Å². The lowest BCUT2D eigenvalue weighted by Gasteiger charge is -2.36. The van der Waals surface area contributed by atoms with Crippen LogP contribution in [-0.4, -0.2) is 11.3 Å². The van der Waals surface area contributed by atoms with Crippen LogP contribution < -0.4 is 5.32 Å². The van der Waals surface area contributed by atoms with Crippen molar-refractivity contribution in [3.63, 3.8) is 0 Å². The fourth-order valence-corrected chi connectivity index (χ4v) is 7.81. The summed E-state index contributed by atoms with van der Waals surface area (Å²) in [5.41, 5.74) is 12.9. The molecule has 7 aromatic carbocycles. The topological polar surface area (TPSA) is 56.1 Å². The van der Waals surface area contributed by atoms with Gasteiger partial charge in [-0.15, -0.1) is 0 Å². The number of benzene rings is 7. The minimum absolute atomic E-state index is 0.329. The van der Waals surface area contributed by atoms with Gasteiger partial charge in [-0.25, -0.2) is 0 Å². The maximum Gasteiger partial charge on any atom is 0.120 e. The van der Waals surface area contributed by atoms with Gasteiger partial charge >= 0.3 is 0 Å². The molecule has 1 unspecified atom stereocenters. The van der Waals surface area contributed by atoms with Gasteiger partial charge in [0.1, 0.15) is 5.75 Å². The highest BCUT2D eigenvalue weighted by molar-refractivity contribution is 5.98. The molecule has 0 aliphatic heterocycles. The quantitative estimate of drug-likeness (QED) is 0.155. The molecule has 0 saturated heterocycles. The molecule has 55 heavy (non-hydrogen) atoms. The molecule has 0 heterocycles. The first-order valence-electron chi connectivity index (χ1n) is 19.2. The van der Waals surface area contributed by atoms with Gasteiger partial charge in [0.05, 0.1) is 5.41 Å². The number of phenolic OH excluding ortho intramolecular Hbond substituents is 1. The third-order valence-electron chi connectivity index (χ3n) is 10.0. The smallest absolute Gasteiger partial charge is 0.120 e. The second-order valence-electron chi connectivity index (χ2n) is 13.5. The van der Waals surface area contributed by atoms with Crippen molar-refractivity contribution in [1.29, 1.82) is 5.41 Å². The maximum absolute atomic E-state index is 11.4. The molecule has 274 valence electrons. The van der Waals surface area contributed by atoms with Crippen molar-refractivity contribution >= 4 is 39.5 Å². The van der Waals surface area contributed by atoms with Crippen LogP contribution in [0.3, 0.4) is 0 Å². The molecule has 0 radical (unpaired) electrons. The summed E-state index contributed by atoms with van der Waals surface area (Å²) >= 11 is 0. The van der Waals surface area contributed by atoms with Crippen molar-refractivity contribution in [2.45, 2.75) is 46.0 Å². The molecule has 7 aromatic rings. The van der Waals surface area contributed by atoms with Gasteiger partial charge in [-0.1, -0.05) is 159 Å². The Labute approximate surface area is 326 Å². The van der Waals surface area contributed by atoms with Gasteiger partial charge in [0.15, 0.2) is 0 Å². The molecule has 0 bridgehead atoms. The number of hydrogen-bond donors (Lipinski definition) is 3. The van der Waals surface area contributed by atoms with Crippen molar-refractivity contribution in [2.24, 2.45) is 0 Å². The van der Waals surface area contributed by atoms with E-state index in [-0.39, 0.29) is 0 Å². The highest BCUT2D eigenvalue weighted by Gasteiger charge is 2.49. The Morgan fingerprint density at radius 3 is 1.75 bits per heavy atom. The summed E-state index contributed by atoms with van der Waals surface area (Å²) in [5.74, 6) is 0.329. The van der Waals surface area contributed by atoms with E-state index in [9.17, 15) is 5.11 Å². The number of anilines is 2. The number of allylic oxidation sites excluding steroid dienone is 4. The van der Waals surface area contributed by atoms with Gasteiger partial charge in [0, 0.05) is 16.9 Å². The lowest BCUT2D eigenvalue weighted by molar-refractivity contribution is 0.461. The zero-order chi connectivity index (χ0) is 38.6. The van der Waals surface area contributed by atoms with E-state index in [0.717, 1.165) is 29.8 Å². The van der Waals surface area contributed by atoms with Gasteiger partial charge in [0.2, 0.25) is 0 Å². The highest BCUT2D eigenvalue weighted by Crippen LogP contribution is 2.60. The standard InChI is InChI=1S/C36H28O.C12H11N.C2H5N.C2H6/c1-24-10-9-13-25(20-24)28-18-19-30-31-21-26-11-5-6-12-27(26)22-34(31)36(33(30)23-28,29-14-3-2-4-15-29)32-16-7-8-17-35(32)37;1-3-7-11(8-4-1)13-12-9-5-2-6-10-12;1-2-3;1-2/h2-17,20-23,37H,18-19H2,1H3;1-10,13H;2-3H,1H3;1-2H3. The lowest BCUT2D eigenvalue weighted by atomic mass is 9.65. The zero-order valence-electron chi connectivity index (χ0n) is 32.3. The molecular weight excluding hydrogens is 669 g/mol. The molecule has 0 aromatic heterocycles. The number of phenols is 1. The third kappa shape index (κ3) is 8.07. The molecule has 0 spiro atoms. The Morgan fingerprint density at radius 1 is 0.600 bits per heavy atom. The molecule has 3 heteroatoms. The number of hydrogen-bond acceptors (Lipinski definition) is 3. The molecule has 3 nitrogen and oxygen atoms in total. The summed E-state index contributed by atoms with van der Waals surface area (Å²) in [6.07, 6.45) is 5.65. The van der Waals surface area contributed by atoms with Crippen LogP contribution in [0.5, 0.6) is 5.75 Å². The Morgan fingerprint density at radius 2 is 1.15 bits per heavy atom. The molecule has 2 aliphatic carbocycles. The summed E-state index contributed by atoms with van der Waals surface area (Å²) in [6.45, 7) is 7.82. The van der Waals surface area contributed by atoms with Crippen LogP contribution in [0.15, 0.2) is 188 Å². The third-order valence-corrected chi connectivity index (χ3v) is 10.0. The van der Waals surface area contributed by atoms with E-state index in [2.05, 4.69) is 115 Å². The Kier molecular flexibility index (Phi) is 12.6. The van der Waals surface area contributed by atoms with Crippen LogP contribution in [0.25, 0.3) is 21.9 Å². The average Bonchev–Trinajstić information content (AvgIpc) is 3.51. The number of nitrogens with one attached hydrogen (secondary N) is 2. The number of fused-ring (bicyclic) bond motifs is 3. The van der Waals surface area contributed by atoms with E-state index >= 15 is 0 Å². The van der Waals surface area contributed by atoms with Gasteiger partial charge in [-0.3, -0.25) is 0 Å². The molecule has 0 amide bonds. The summed E-state index contributed by atoms with van der Waals surface area (Å²) in [5, 5.41) is 23.3. The summed E-state index contributed by atoms with van der Waals surface area (Å²) in [4.78, 5) is 0. The van der Waals surface area contributed by atoms with Crippen molar-refractivity contribution < 1.29 is 5.11 Å². The van der Waals surface area contributed by atoms with E-state index in [1.54, 1.807) is 6.92 Å². The summed E-state index contributed by atoms with van der Waals surface area (Å²) < 4.78 is 0. The first kappa shape index (κ1) is 38.3. The fraction of sp³-hybridized carbons (Fsp3) is 0.135. The first-order valence-corrected chi connectivity index (χ1v) is 19.2. The highest BCUT2D eigenvalue weighted by atomic mass is 16.3. The minimum atomic E-state index is -0.600. The molecule has 1 atom stereocenters. The molecular formula is C52H50N2O. The van der Waals surface area contributed by atoms with Gasteiger partial charge < -0.3 is 15.8 Å². The van der Waals surface area contributed by atoms with Crippen LogP contribution in [0.1, 0.15) is 67.0 Å². The van der Waals surface area contributed by atoms with Crippen LogP contribution in [0.2, 0.25) is 0 Å². The lowest BCUT2D eigenvalue weighted by Crippen LogP contribution is -2.30. The number of para-hydroxylation sites is 3. The van der Waals surface area contributed by atoms with Crippen LogP contribution in [0, 0.1) is 12.3 Å². The van der Waals surface area contributed by atoms with Crippen LogP contribution >= 0.6 is 0 Å². The van der Waals surface area contributed by atoms with Crippen molar-refractivity contribution in [3.05, 3.63) is 221 Å². The Balaban J connectivity index is 0.000000238. The number of aryl methyl sites for hydroxylation is 1. The van der Waals surface area contributed by atoms with Crippen LogP contribution in [-0.2, 0) is 5.41 Å². The van der Waals surface area contributed by atoms with E-state index in [1.165, 1.54) is 61.5 Å². The largest absolute Gasteiger partial charge is 0.508 e. The SMILES string of the molecule is CC.CC=N.Cc1cccc(C2=CC3=C(CC2)c2cc4ccccc4cc2C3(c2ccccc2)c2ccccc2O)c1.c1ccc(Nc2ccccc2)cc1. The Hall–Kier alpha value is -6.45. The molecule has 9 rings (SSSR count). The van der Waals surface area contributed by atoms with Gasteiger partial charge in [-0.05, 0) is 125 Å². The van der Waals surface area contributed by atoms with Gasteiger partial charge in [-0.2, -0.15) is 0 Å². The second-order valence-corrected chi connectivity index (χ2v) is 13.5. The van der Waals surface area contributed by atoms with Crippen molar-refractivity contribution in [3.8, 4) is 5.75 Å².